The highest BCUT2D eigenvalue weighted by Gasteiger charge is 2.12. The van der Waals surface area contributed by atoms with Crippen LogP contribution in [0.15, 0.2) is 42.5 Å². The zero-order chi connectivity index (χ0) is 15.5. The second-order valence-electron chi connectivity index (χ2n) is 5.50. The van der Waals surface area contributed by atoms with Crippen molar-refractivity contribution in [2.75, 3.05) is 6.54 Å². The van der Waals surface area contributed by atoms with Gasteiger partial charge in [0.25, 0.3) is 0 Å². The highest BCUT2D eigenvalue weighted by molar-refractivity contribution is 5.78. The Morgan fingerprint density at radius 3 is 2.55 bits per heavy atom. The van der Waals surface area contributed by atoms with Gasteiger partial charge in [-0.25, -0.2) is 4.98 Å². The fourth-order valence-electron chi connectivity index (χ4n) is 2.58. The summed E-state index contributed by atoms with van der Waals surface area (Å²) >= 11 is 0. The highest BCUT2D eigenvalue weighted by Crippen LogP contribution is 2.22. The van der Waals surface area contributed by atoms with E-state index in [2.05, 4.69) is 30.5 Å². The first kappa shape index (κ1) is 14.6. The first-order valence-electron chi connectivity index (χ1n) is 7.53. The minimum Gasteiger partial charge on any atom is -0.486 e. The molecule has 0 aliphatic carbocycles. The predicted octanol–water partition coefficient (Wildman–Crippen LogP) is 3.19. The molecule has 4 heteroatoms. The molecule has 4 nitrogen and oxygen atoms in total. The van der Waals surface area contributed by atoms with Gasteiger partial charge in [0.05, 0.1) is 11.0 Å². The molecule has 3 rings (SSSR count). The van der Waals surface area contributed by atoms with Crippen molar-refractivity contribution < 1.29 is 4.74 Å². The van der Waals surface area contributed by atoms with E-state index in [0.717, 1.165) is 29.2 Å². The summed E-state index contributed by atoms with van der Waals surface area (Å²) in [5.74, 6) is 1.76. The van der Waals surface area contributed by atoms with Gasteiger partial charge in [0.1, 0.15) is 18.2 Å². The fraction of sp³-hybridized carbons (Fsp3) is 0.278. The predicted molar refractivity (Wildman–Crippen MR) is 89.0 cm³/mol. The maximum Gasteiger partial charge on any atom is 0.148 e. The summed E-state index contributed by atoms with van der Waals surface area (Å²) in [6.45, 7) is 5.99. The van der Waals surface area contributed by atoms with Gasteiger partial charge in [-0.1, -0.05) is 18.2 Å². The van der Waals surface area contributed by atoms with E-state index in [1.54, 1.807) is 0 Å². The number of nitrogens with two attached hydrogens (primary N) is 1. The van der Waals surface area contributed by atoms with Gasteiger partial charge in [0.15, 0.2) is 0 Å². The van der Waals surface area contributed by atoms with E-state index in [4.69, 9.17) is 15.5 Å². The molecule has 114 valence electrons. The number of hydrogen-bond donors (Lipinski definition) is 1. The van der Waals surface area contributed by atoms with Gasteiger partial charge in [0.2, 0.25) is 0 Å². The Hall–Kier alpha value is -2.33. The lowest BCUT2D eigenvalue weighted by atomic mass is 10.1. The molecule has 0 spiro atoms. The normalized spacial score (nSPS) is 11.0. The average Bonchev–Trinajstić information content (AvgIpc) is 2.84. The van der Waals surface area contributed by atoms with Crippen LogP contribution in [0.4, 0.5) is 0 Å². The van der Waals surface area contributed by atoms with Gasteiger partial charge in [-0.05, 0) is 49.2 Å². The van der Waals surface area contributed by atoms with Crippen molar-refractivity contribution in [1.82, 2.24) is 9.55 Å². The Kier molecular flexibility index (Phi) is 4.11. The van der Waals surface area contributed by atoms with Crippen LogP contribution in [0.25, 0.3) is 11.0 Å². The van der Waals surface area contributed by atoms with Crippen LogP contribution < -0.4 is 10.5 Å². The number of para-hydroxylation sites is 1. The number of benzene rings is 2. The Labute approximate surface area is 130 Å². The van der Waals surface area contributed by atoms with Crippen LogP contribution in [-0.4, -0.2) is 16.1 Å². The second-order valence-corrected chi connectivity index (χ2v) is 5.50. The van der Waals surface area contributed by atoms with Gasteiger partial charge in [-0.15, -0.1) is 0 Å². The number of aromatic nitrogens is 2. The second kappa shape index (κ2) is 6.20. The smallest absolute Gasteiger partial charge is 0.148 e. The number of nitrogens with zero attached hydrogens (tertiary/aromatic N) is 2. The molecule has 0 aliphatic rings. The zero-order valence-electron chi connectivity index (χ0n) is 13.0. The standard InChI is InChI=1S/C18H21N3O/c1-13-10-16-17(11-14(13)2)21(9-8-19)18(20-16)12-22-15-6-4-3-5-7-15/h3-7,10-11H,8-9,12,19H2,1-2H3. The zero-order valence-corrected chi connectivity index (χ0v) is 13.0. The number of imidazole rings is 1. The highest BCUT2D eigenvalue weighted by atomic mass is 16.5. The SMILES string of the molecule is Cc1cc2nc(COc3ccccc3)n(CCN)c2cc1C. The monoisotopic (exact) mass is 295 g/mol. The first-order valence-corrected chi connectivity index (χ1v) is 7.53. The van der Waals surface area contributed by atoms with Crippen LogP contribution >= 0.6 is 0 Å². The molecule has 1 heterocycles. The molecular weight excluding hydrogens is 274 g/mol. The summed E-state index contributed by atoms with van der Waals surface area (Å²) in [5, 5.41) is 0. The summed E-state index contributed by atoms with van der Waals surface area (Å²) < 4.78 is 8.00. The topological polar surface area (TPSA) is 53.1 Å². The van der Waals surface area contributed by atoms with E-state index in [9.17, 15) is 0 Å². The molecule has 0 fully saturated rings. The van der Waals surface area contributed by atoms with Crippen molar-refractivity contribution in [2.24, 2.45) is 5.73 Å². The van der Waals surface area contributed by atoms with Crippen LogP contribution in [-0.2, 0) is 13.2 Å². The molecule has 0 amide bonds. The molecule has 0 radical (unpaired) electrons. The number of ether oxygens (including phenoxy) is 1. The molecule has 2 aromatic carbocycles. The number of rotatable bonds is 5. The van der Waals surface area contributed by atoms with Crippen molar-refractivity contribution in [2.45, 2.75) is 27.0 Å². The quantitative estimate of drug-likeness (QED) is 0.786. The van der Waals surface area contributed by atoms with E-state index in [1.807, 2.05) is 30.3 Å². The third-order valence-electron chi connectivity index (χ3n) is 3.91. The van der Waals surface area contributed by atoms with Gasteiger partial charge < -0.3 is 15.0 Å². The lowest BCUT2D eigenvalue weighted by Gasteiger charge is -2.09. The van der Waals surface area contributed by atoms with E-state index in [-0.39, 0.29) is 0 Å². The van der Waals surface area contributed by atoms with E-state index >= 15 is 0 Å². The maximum atomic E-state index is 5.84. The molecule has 3 aromatic rings. The number of aryl methyl sites for hydroxylation is 2. The van der Waals surface area contributed by atoms with Crippen molar-refractivity contribution in [1.29, 1.82) is 0 Å². The summed E-state index contributed by atoms with van der Waals surface area (Å²) in [6.07, 6.45) is 0. The maximum absolute atomic E-state index is 5.84. The van der Waals surface area contributed by atoms with E-state index in [0.29, 0.717) is 13.2 Å². The molecule has 1 aromatic heterocycles. The summed E-state index contributed by atoms with van der Waals surface area (Å²) in [4.78, 5) is 4.73. The summed E-state index contributed by atoms with van der Waals surface area (Å²) in [6, 6.07) is 14.1. The molecule has 0 saturated carbocycles. The lowest BCUT2D eigenvalue weighted by Crippen LogP contribution is -2.14. The van der Waals surface area contributed by atoms with E-state index in [1.165, 1.54) is 11.1 Å². The summed E-state index contributed by atoms with van der Waals surface area (Å²) in [5.41, 5.74) is 10.4. The minimum absolute atomic E-state index is 0.441. The summed E-state index contributed by atoms with van der Waals surface area (Å²) in [7, 11) is 0. The molecular formula is C18H21N3O. The van der Waals surface area contributed by atoms with Gasteiger partial charge in [-0.2, -0.15) is 0 Å². The third-order valence-corrected chi connectivity index (χ3v) is 3.91. The Balaban J connectivity index is 1.95. The average molecular weight is 295 g/mol. The van der Waals surface area contributed by atoms with Crippen LogP contribution in [0, 0.1) is 13.8 Å². The molecule has 0 bridgehead atoms. The molecule has 2 N–H and O–H groups in total. The van der Waals surface area contributed by atoms with Crippen molar-refractivity contribution in [3.8, 4) is 5.75 Å². The largest absolute Gasteiger partial charge is 0.486 e. The van der Waals surface area contributed by atoms with Crippen molar-refractivity contribution in [3.05, 3.63) is 59.4 Å². The van der Waals surface area contributed by atoms with Crippen molar-refractivity contribution >= 4 is 11.0 Å². The lowest BCUT2D eigenvalue weighted by molar-refractivity contribution is 0.290. The molecule has 0 atom stereocenters. The molecule has 0 aliphatic heterocycles. The van der Waals surface area contributed by atoms with Gasteiger partial charge >= 0.3 is 0 Å². The molecule has 0 unspecified atom stereocenters. The van der Waals surface area contributed by atoms with Crippen molar-refractivity contribution in [3.63, 3.8) is 0 Å². The van der Waals surface area contributed by atoms with Crippen LogP contribution in [0.2, 0.25) is 0 Å². The third kappa shape index (κ3) is 2.83. The van der Waals surface area contributed by atoms with Gasteiger partial charge in [-0.3, -0.25) is 0 Å². The van der Waals surface area contributed by atoms with Crippen LogP contribution in [0.3, 0.4) is 0 Å². The Morgan fingerprint density at radius 2 is 1.82 bits per heavy atom. The first-order chi connectivity index (χ1) is 10.7. The minimum atomic E-state index is 0.441. The van der Waals surface area contributed by atoms with Crippen LogP contribution in [0.1, 0.15) is 17.0 Å². The Bertz CT molecular complexity index is 778. The van der Waals surface area contributed by atoms with Gasteiger partial charge in [0, 0.05) is 13.1 Å². The van der Waals surface area contributed by atoms with Crippen LogP contribution in [0.5, 0.6) is 5.75 Å². The Morgan fingerprint density at radius 1 is 1.09 bits per heavy atom. The molecule has 22 heavy (non-hydrogen) atoms. The number of fused-ring (bicyclic) bond motifs is 1. The van der Waals surface area contributed by atoms with E-state index < -0.39 is 0 Å². The molecule has 0 saturated heterocycles. The number of hydrogen-bond acceptors (Lipinski definition) is 3. The fourth-order valence-corrected chi connectivity index (χ4v) is 2.58.